The molecule has 0 amide bonds. The molecule has 3 aromatic rings. The Morgan fingerprint density at radius 1 is 0.827 bits per heavy atom. The second-order valence-electron chi connectivity index (χ2n) is 12.3. The van der Waals surface area contributed by atoms with E-state index in [2.05, 4.69) is 4.98 Å². The summed E-state index contributed by atoms with van der Waals surface area (Å²) < 4.78 is 57.4. The van der Waals surface area contributed by atoms with Crippen LogP contribution in [0.2, 0.25) is 10.0 Å². The molecule has 1 aliphatic carbocycles. The van der Waals surface area contributed by atoms with Gasteiger partial charge in [0.25, 0.3) is 0 Å². The maximum absolute atomic E-state index is 15.0. The van der Waals surface area contributed by atoms with Gasteiger partial charge in [0.1, 0.15) is 18.8 Å². The Morgan fingerprint density at radius 2 is 1.46 bits per heavy atom. The van der Waals surface area contributed by atoms with Gasteiger partial charge < -0.3 is 23.7 Å². The highest BCUT2D eigenvalue weighted by Gasteiger charge is 2.57. The molecule has 16 heteroatoms. The smallest absolute Gasteiger partial charge is 0.303 e. The number of rotatable bonds is 9. The Bertz CT molecular complexity index is 2080. The van der Waals surface area contributed by atoms with E-state index in [4.69, 9.17) is 46.9 Å². The zero-order valence-corrected chi connectivity index (χ0v) is 30.8. The average molecular weight is 774 g/mol. The topological polar surface area (TPSA) is 185 Å². The standard InChI is InChI=1S/C36H34Cl2N2O11S/c1-18(41)47-17-31-32(48-19(2)42)33(49-20(3)43)34(50-21(4)44)36(51-31)52(45,46)35-28(16-39)27(26-12-11-25(37)14-29(26)38)15-30(40-35)24-10-9-22-7-5-6-8-23(22)13-24/h9-15,31-34,36H,5-8,17H2,1-4H3/t31-,32+,33+,34-,36+/m1/s1. The molecule has 0 saturated carbocycles. The third-order valence-electron chi connectivity index (χ3n) is 8.49. The summed E-state index contributed by atoms with van der Waals surface area (Å²) in [5.41, 5.74) is 0.643. The lowest BCUT2D eigenvalue weighted by atomic mass is 9.89. The van der Waals surface area contributed by atoms with Crippen LogP contribution in [0.15, 0.2) is 47.5 Å². The van der Waals surface area contributed by atoms with Crippen LogP contribution in [0.5, 0.6) is 0 Å². The first kappa shape index (κ1) is 38.7. The Kier molecular flexibility index (Phi) is 11.9. The minimum absolute atomic E-state index is 0.0936. The summed E-state index contributed by atoms with van der Waals surface area (Å²) in [6.07, 6.45) is -3.19. The normalized spacial score (nSPS) is 21.2. The molecule has 2 aromatic carbocycles. The average Bonchev–Trinajstić information content (AvgIpc) is 3.07. The molecule has 1 aliphatic heterocycles. The molecule has 0 bridgehead atoms. The first-order valence-corrected chi connectivity index (χ1v) is 18.5. The van der Waals surface area contributed by atoms with Gasteiger partial charge in [0.05, 0.1) is 11.3 Å². The summed E-state index contributed by atoms with van der Waals surface area (Å²) in [5, 5.41) is 10.2. The third-order valence-corrected chi connectivity index (χ3v) is 10.9. The number of esters is 4. The number of pyridine rings is 1. The molecule has 1 saturated heterocycles. The maximum atomic E-state index is 15.0. The molecule has 2 heterocycles. The van der Waals surface area contributed by atoms with Crippen LogP contribution in [0.25, 0.3) is 22.4 Å². The zero-order valence-electron chi connectivity index (χ0n) is 28.5. The van der Waals surface area contributed by atoms with Gasteiger partial charge in [-0.05, 0) is 61.1 Å². The number of aryl methyl sites for hydroxylation is 2. The summed E-state index contributed by atoms with van der Waals surface area (Å²) in [5.74, 6) is -3.63. The van der Waals surface area contributed by atoms with Crippen molar-refractivity contribution in [1.29, 1.82) is 5.26 Å². The van der Waals surface area contributed by atoms with Crippen LogP contribution < -0.4 is 0 Å². The van der Waals surface area contributed by atoms with Crippen molar-refractivity contribution in [2.75, 3.05) is 6.61 Å². The Hall–Kier alpha value is -4.55. The molecule has 2 aliphatic rings. The summed E-state index contributed by atoms with van der Waals surface area (Å²) in [7, 11) is -5.07. The Morgan fingerprint density at radius 3 is 2.08 bits per heavy atom. The maximum Gasteiger partial charge on any atom is 0.303 e. The summed E-state index contributed by atoms with van der Waals surface area (Å²) in [4.78, 5) is 53.4. The molecule has 13 nitrogen and oxygen atoms in total. The van der Waals surface area contributed by atoms with E-state index in [1.807, 2.05) is 18.2 Å². The molecular formula is C36H34Cl2N2O11S. The predicted molar refractivity (Wildman–Crippen MR) is 186 cm³/mol. The highest BCUT2D eigenvalue weighted by Crippen LogP contribution is 2.41. The number of hydrogen-bond donors (Lipinski definition) is 0. The van der Waals surface area contributed by atoms with Gasteiger partial charge in [0, 0.05) is 54.4 Å². The van der Waals surface area contributed by atoms with Crippen molar-refractivity contribution in [1.82, 2.24) is 4.98 Å². The molecule has 0 unspecified atom stereocenters. The SMILES string of the molecule is CC(=O)OC[C@H]1O[C@@H](S(=O)(=O)c2nc(-c3ccc4c(c3)CCCC4)cc(-c3ccc(Cl)cc3Cl)c2C#N)[C@H](OC(C)=O)[C@@H](OC(C)=O)[C@H]1OC(C)=O. The molecule has 52 heavy (non-hydrogen) atoms. The second-order valence-corrected chi connectivity index (χ2v) is 15.1. The molecule has 1 aromatic heterocycles. The number of sulfone groups is 1. The van der Waals surface area contributed by atoms with E-state index in [1.165, 1.54) is 18.2 Å². The second kappa shape index (κ2) is 16.0. The third kappa shape index (κ3) is 8.39. The number of aromatic nitrogens is 1. The summed E-state index contributed by atoms with van der Waals surface area (Å²) in [6, 6.07) is 13.7. The molecule has 5 rings (SSSR count). The van der Waals surface area contributed by atoms with E-state index < -0.39 is 80.8 Å². The number of carbonyl (C=O) groups excluding carboxylic acids is 4. The minimum atomic E-state index is -5.07. The van der Waals surface area contributed by atoms with Crippen LogP contribution >= 0.6 is 23.2 Å². The largest absolute Gasteiger partial charge is 0.463 e. The lowest BCUT2D eigenvalue weighted by molar-refractivity contribution is -0.238. The quantitative estimate of drug-likeness (QED) is 0.201. The van der Waals surface area contributed by atoms with Crippen LogP contribution in [0.1, 0.15) is 57.2 Å². The highest BCUT2D eigenvalue weighted by atomic mass is 35.5. The van der Waals surface area contributed by atoms with E-state index >= 15 is 8.42 Å². The summed E-state index contributed by atoms with van der Waals surface area (Å²) in [6.45, 7) is 3.45. The van der Waals surface area contributed by atoms with E-state index in [0.717, 1.165) is 64.5 Å². The van der Waals surface area contributed by atoms with Gasteiger partial charge in [-0.3, -0.25) is 19.2 Å². The van der Waals surface area contributed by atoms with Crippen molar-refractivity contribution >= 4 is 56.9 Å². The fourth-order valence-electron chi connectivity index (χ4n) is 6.35. The van der Waals surface area contributed by atoms with Gasteiger partial charge in [-0.1, -0.05) is 41.4 Å². The monoisotopic (exact) mass is 772 g/mol. The van der Waals surface area contributed by atoms with Crippen molar-refractivity contribution in [2.45, 2.75) is 88.3 Å². The van der Waals surface area contributed by atoms with Gasteiger partial charge in [0.2, 0.25) is 15.3 Å². The van der Waals surface area contributed by atoms with Crippen molar-refractivity contribution in [2.24, 2.45) is 0 Å². The van der Waals surface area contributed by atoms with Gasteiger partial charge in [-0.15, -0.1) is 0 Å². The number of fused-ring (bicyclic) bond motifs is 1. The van der Waals surface area contributed by atoms with Crippen molar-refractivity contribution in [3.63, 3.8) is 0 Å². The minimum Gasteiger partial charge on any atom is -0.463 e. The van der Waals surface area contributed by atoms with Crippen molar-refractivity contribution in [3.8, 4) is 28.5 Å². The van der Waals surface area contributed by atoms with E-state index in [-0.39, 0.29) is 21.8 Å². The van der Waals surface area contributed by atoms with Crippen molar-refractivity contribution < 1.29 is 51.3 Å². The summed E-state index contributed by atoms with van der Waals surface area (Å²) >= 11 is 12.8. The van der Waals surface area contributed by atoms with Crippen LogP contribution in [0, 0.1) is 11.3 Å². The van der Waals surface area contributed by atoms with Crippen LogP contribution in [-0.4, -0.2) is 73.7 Å². The highest BCUT2D eigenvalue weighted by molar-refractivity contribution is 7.92. The number of nitriles is 1. The fourth-order valence-corrected chi connectivity index (χ4v) is 8.59. The molecule has 274 valence electrons. The first-order chi connectivity index (χ1) is 24.6. The Labute approximate surface area is 310 Å². The number of nitrogens with zero attached hydrogens (tertiary/aromatic N) is 2. The molecule has 5 atom stereocenters. The number of benzene rings is 2. The van der Waals surface area contributed by atoms with E-state index in [0.29, 0.717) is 10.6 Å². The molecular weight excluding hydrogens is 739 g/mol. The molecule has 1 fully saturated rings. The van der Waals surface area contributed by atoms with Gasteiger partial charge in [-0.25, -0.2) is 13.4 Å². The number of ether oxygens (including phenoxy) is 5. The Balaban J connectivity index is 1.78. The number of hydrogen-bond acceptors (Lipinski definition) is 13. The van der Waals surface area contributed by atoms with Crippen LogP contribution in [-0.2, 0) is 65.5 Å². The van der Waals surface area contributed by atoms with Gasteiger partial charge >= 0.3 is 23.9 Å². The fraction of sp³-hybridized carbons (Fsp3) is 0.389. The number of carbonyl (C=O) groups is 4. The van der Waals surface area contributed by atoms with Gasteiger partial charge in [-0.2, -0.15) is 5.26 Å². The molecule has 0 N–H and O–H groups in total. The predicted octanol–water partition coefficient (Wildman–Crippen LogP) is 5.33. The number of halogens is 2. The molecule has 0 spiro atoms. The van der Waals surface area contributed by atoms with Crippen LogP contribution in [0.4, 0.5) is 0 Å². The van der Waals surface area contributed by atoms with Crippen LogP contribution in [0.3, 0.4) is 0 Å². The lowest BCUT2D eigenvalue weighted by Gasteiger charge is -2.43. The van der Waals surface area contributed by atoms with Gasteiger partial charge in [0.15, 0.2) is 23.3 Å². The van der Waals surface area contributed by atoms with E-state index in [9.17, 15) is 24.4 Å². The first-order valence-electron chi connectivity index (χ1n) is 16.2. The molecule has 0 radical (unpaired) electrons. The zero-order chi connectivity index (χ0) is 37.9. The lowest BCUT2D eigenvalue weighted by Crippen LogP contribution is -2.64. The van der Waals surface area contributed by atoms with Crippen molar-refractivity contribution in [3.05, 3.63) is 69.2 Å². The van der Waals surface area contributed by atoms with E-state index in [1.54, 1.807) is 12.1 Å².